The molecule has 1 aromatic heterocycles. The van der Waals surface area contributed by atoms with Crippen LogP contribution in [0.5, 0.6) is 0 Å². The van der Waals surface area contributed by atoms with Crippen LogP contribution in [0, 0.1) is 5.92 Å². The average Bonchev–Trinajstić information content (AvgIpc) is 2.84. The van der Waals surface area contributed by atoms with Crippen molar-refractivity contribution in [1.82, 2.24) is 9.55 Å². The second-order valence-electron chi connectivity index (χ2n) is 3.77. The summed E-state index contributed by atoms with van der Waals surface area (Å²) in [6, 6.07) is 0. The first-order valence-corrected chi connectivity index (χ1v) is 4.78. The molecular formula is C10H14N2O. The largest absolute Gasteiger partial charge is 0.332 e. The molecule has 0 N–H and O–H groups in total. The molecule has 0 aliphatic heterocycles. The molecule has 0 atom stereocenters. The van der Waals surface area contributed by atoms with Crippen molar-refractivity contribution in [1.29, 1.82) is 0 Å². The van der Waals surface area contributed by atoms with Crippen molar-refractivity contribution >= 4 is 5.78 Å². The molecule has 0 aromatic carbocycles. The van der Waals surface area contributed by atoms with Gasteiger partial charge in [-0.15, -0.1) is 0 Å². The van der Waals surface area contributed by atoms with Gasteiger partial charge in [0.25, 0.3) is 0 Å². The van der Waals surface area contributed by atoms with Gasteiger partial charge >= 0.3 is 0 Å². The third kappa shape index (κ3) is 1.97. The molecule has 1 aliphatic carbocycles. The fourth-order valence-corrected chi connectivity index (χ4v) is 1.49. The fraction of sp³-hybridized carbons (Fsp3) is 0.600. The maximum absolute atomic E-state index is 11.6. The summed E-state index contributed by atoms with van der Waals surface area (Å²) in [5.41, 5.74) is 0. The fourth-order valence-electron chi connectivity index (χ4n) is 1.49. The van der Waals surface area contributed by atoms with Crippen LogP contribution in [0.25, 0.3) is 0 Å². The Bertz CT molecular complexity index is 312. The highest BCUT2D eigenvalue weighted by molar-refractivity contribution is 5.92. The molecule has 0 unspecified atom stereocenters. The Morgan fingerprint density at radius 2 is 2.46 bits per heavy atom. The number of hydrogen-bond donors (Lipinski definition) is 0. The zero-order valence-corrected chi connectivity index (χ0v) is 7.86. The summed E-state index contributed by atoms with van der Waals surface area (Å²) in [7, 11) is 1.86. The van der Waals surface area contributed by atoms with Crippen LogP contribution in [0.1, 0.15) is 36.3 Å². The van der Waals surface area contributed by atoms with E-state index in [1.165, 1.54) is 12.8 Å². The van der Waals surface area contributed by atoms with E-state index in [1.807, 2.05) is 13.2 Å². The zero-order chi connectivity index (χ0) is 9.26. The van der Waals surface area contributed by atoms with Gasteiger partial charge in [-0.3, -0.25) is 4.79 Å². The molecule has 0 amide bonds. The Labute approximate surface area is 77.8 Å². The van der Waals surface area contributed by atoms with Crippen molar-refractivity contribution in [3.05, 3.63) is 18.2 Å². The normalized spacial score (nSPS) is 16.1. The van der Waals surface area contributed by atoms with Gasteiger partial charge in [0.1, 0.15) is 0 Å². The number of aromatic nitrogens is 2. The Kier molecular flexibility index (Phi) is 2.17. The van der Waals surface area contributed by atoms with E-state index in [2.05, 4.69) is 4.98 Å². The lowest BCUT2D eigenvalue weighted by Gasteiger charge is -1.99. The molecule has 1 heterocycles. The molecule has 1 saturated carbocycles. The number of carbonyl (C=O) groups is 1. The van der Waals surface area contributed by atoms with Crippen molar-refractivity contribution in [2.75, 3.05) is 0 Å². The number of rotatable bonds is 4. The lowest BCUT2D eigenvalue weighted by Crippen LogP contribution is -2.07. The van der Waals surface area contributed by atoms with Gasteiger partial charge in [0, 0.05) is 25.9 Å². The van der Waals surface area contributed by atoms with Crippen LogP contribution in [0.15, 0.2) is 12.4 Å². The molecule has 2 rings (SSSR count). The number of hydrogen-bond acceptors (Lipinski definition) is 2. The SMILES string of the molecule is Cn1ccnc1C(=O)CCC1CC1. The van der Waals surface area contributed by atoms with Crippen LogP contribution >= 0.6 is 0 Å². The number of aryl methyl sites for hydroxylation is 1. The molecule has 13 heavy (non-hydrogen) atoms. The standard InChI is InChI=1S/C10H14N2O/c1-12-7-6-11-10(12)9(13)5-4-8-2-3-8/h6-8H,2-5H2,1H3. The summed E-state index contributed by atoms with van der Waals surface area (Å²) in [5.74, 6) is 1.60. The average molecular weight is 178 g/mol. The smallest absolute Gasteiger partial charge is 0.198 e. The molecular weight excluding hydrogens is 164 g/mol. The van der Waals surface area contributed by atoms with Crippen LogP contribution in [-0.4, -0.2) is 15.3 Å². The van der Waals surface area contributed by atoms with E-state index in [9.17, 15) is 4.79 Å². The summed E-state index contributed by atoms with van der Waals surface area (Å²) in [4.78, 5) is 15.6. The van der Waals surface area contributed by atoms with Crippen molar-refractivity contribution in [3.63, 3.8) is 0 Å². The number of imidazole rings is 1. The van der Waals surface area contributed by atoms with Gasteiger partial charge in [0.05, 0.1) is 0 Å². The van der Waals surface area contributed by atoms with E-state index in [0.29, 0.717) is 12.2 Å². The molecule has 0 radical (unpaired) electrons. The first kappa shape index (κ1) is 8.48. The molecule has 0 saturated heterocycles. The highest BCUT2D eigenvalue weighted by Crippen LogP contribution is 2.33. The first-order valence-electron chi connectivity index (χ1n) is 4.78. The van der Waals surface area contributed by atoms with Gasteiger partial charge in [0.15, 0.2) is 11.6 Å². The van der Waals surface area contributed by atoms with Gasteiger partial charge in [-0.1, -0.05) is 12.8 Å². The molecule has 1 fully saturated rings. The van der Waals surface area contributed by atoms with E-state index in [-0.39, 0.29) is 5.78 Å². The van der Waals surface area contributed by atoms with Crippen LogP contribution in [0.3, 0.4) is 0 Å². The third-order valence-electron chi connectivity index (χ3n) is 2.55. The number of ketones is 1. The predicted octanol–water partition coefficient (Wildman–Crippen LogP) is 1.79. The lowest BCUT2D eigenvalue weighted by atomic mass is 10.1. The predicted molar refractivity (Wildman–Crippen MR) is 49.5 cm³/mol. The summed E-state index contributed by atoms with van der Waals surface area (Å²) < 4.78 is 1.79. The summed E-state index contributed by atoms with van der Waals surface area (Å²) in [6.07, 6.45) is 7.82. The summed E-state index contributed by atoms with van der Waals surface area (Å²) >= 11 is 0. The van der Waals surface area contributed by atoms with Crippen LogP contribution in [0.4, 0.5) is 0 Å². The molecule has 70 valence electrons. The Morgan fingerprint density at radius 1 is 1.69 bits per heavy atom. The van der Waals surface area contributed by atoms with E-state index < -0.39 is 0 Å². The minimum atomic E-state index is 0.180. The Morgan fingerprint density at radius 3 is 3.00 bits per heavy atom. The minimum Gasteiger partial charge on any atom is -0.332 e. The molecule has 0 spiro atoms. The van der Waals surface area contributed by atoms with Crippen molar-refractivity contribution in [2.45, 2.75) is 25.7 Å². The van der Waals surface area contributed by atoms with Gasteiger partial charge in [0.2, 0.25) is 0 Å². The van der Waals surface area contributed by atoms with Crippen LogP contribution in [-0.2, 0) is 7.05 Å². The van der Waals surface area contributed by atoms with E-state index in [1.54, 1.807) is 10.8 Å². The highest BCUT2D eigenvalue weighted by atomic mass is 16.1. The highest BCUT2D eigenvalue weighted by Gasteiger charge is 2.22. The van der Waals surface area contributed by atoms with Crippen molar-refractivity contribution in [2.24, 2.45) is 13.0 Å². The van der Waals surface area contributed by atoms with Crippen molar-refractivity contribution in [3.8, 4) is 0 Å². The number of carbonyl (C=O) groups excluding carboxylic acids is 1. The van der Waals surface area contributed by atoms with E-state index >= 15 is 0 Å². The van der Waals surface area contributed by atoms with Gasteiger partial charge < -0.3 is 4.57 Å². The quantitative estimate of drug-likeness (QED) is 0.659. The summed E-state index contributed by atoms with van der Waals surface area (Å²) in [6.45, 7) is 0. The maximum Gasteiger partial charge on any atom is 0.198 e. The first-order chi connectivity index (χ1) is 6.27. The van der Waals surface area contributed by atoms with E-state index in [0.717, 1.165) is 12.3 Å². The number of nitrogens with zero attached hydrogens (tertiary/aromatic N) is 2. The van der Waals surface area contributed by atoms with Gasteiger partial charge in [-0.25, -0.2) is 4.98 Å². The topological polar surface area (TPSA) is 34.9 Å². The summed E-state index contributed by atoms with van der Waals surface area (Å²) in [5, 5.41) is 0. The maximum atomic E-state index is 11.6. The molecule has 3 nitrogen and oxygen atoms in total. The van der Waals surface area contributed by atoms with E-state index in [4.69, 9.17) is 0 Å². The number of Topliss-reactive ketones (excluding diaryl/α,β-unsaturated/α-hetero) is 1. The van der Waals surface area contributed by atoms with Crippen LogP contribution < -0.4 is 0 Å². The molecule has 1 aromatic rings. The third-order valence-corrected chi connectivity index (χ3v) is 2.55. The zero-order valence-electron chi connectivity index (χ0n) is 7.86. The molecule has 0 bridgehead atoms. The minimum absolute atomic E-state index is 0.180. The Hall–Kier alpha value is -1.12. The molecule has 1 aliphatic rings. The monoisotopic (exact) mass is 178 g/mol. The second-order valence-corrected chi connectivity index (χ2v) is 3.77. The van der Waals surface area contributed by atoms with Gasteiger partial charge in [-0.05, 0) is 12.3 Å². The molecule has 3 heteroatoms. The Balaban J connectivity index is 1.92. The van der Waals surface area contributed by atoms with Crippen molar-refractivity contribution < 1.29 is 4.79 Å². The van der Waals surface area contributed by atoms with Gasteiger partial charge in [-0.2, -0.15) is 0 Å². The van der Waals surface area contributed by atoms with Crippen LogP contribution in [0.2, 0.25) is 0 Å². The second kappa shape index (κ2) is 3.32. The lowest BCUT2D eigenvalue weighted by molar-refractivity contribution is 0.0965.